The van der Waals surface area contributed by atoms with Crippen LogP contribution in [0.3, 0.4) is 0 Å². The lowest BCUT2D eigenvalue weighted by Crippen LogP contribution is -2.32. The van der Waals surface area contributed by atoms with Gasteiger partial charge in [0.2, 0.25) is 0 Å². The molecule has 0 saturated carbocycles. The van der Waals surface area contributed by atoms with Gasteiger partial charge >= 0.3 is 6.18 Å². The Labute approximate surface area is 108 Å². The zero-order valence-corrected chi connectivity index (χ0v) is 10.5. The summed E-state index contributed by atoms with van der Waals surface area (Å²) in [6, 6.07) is 2.28. The van der Waals surface area contributed by atoms with Crippen molar-refractivity contribution < 1.29 is 27.4 Å². The second kappa shape index (κ2) is 6.21. The van der Waals surface area contributed by atoms with Gasteiger partial charge in [0.25, 0.3) is 0 Å². The number of aliphatic hydroxyl groups excluding tert-OH is 1. The van der Waals surface area contributed by atoms with E-state index in [0.717, 1.165) is 12.1 Å². The SMILES string of the molecule is COCC(O)CN(C)c1ccc(C(F)(F)F)cc1F. The van der Waals surface area contributed by atoms with Crippen LogP contribution in [0, 0.1) is 5.82 Å². The summed E-state index contributed by atoms with van der Waals surface area (Å²) in [5.74, 6) is -0.984. The van der Waals surface area contributed by atoms with Crippen LogP contribution < -0.4 is 4.90 Å². The molecule has 0 saturated heterocycles. The van der Waals surface area contributed by atoms with Crippen LogP contribution >= 0.6 is 0 Å². The Morgan fingerprint density at radius 2 is 2.00 bits per heavy atom. The molecule has 0 aliphatic carbocycles. The summed E-state index contributed by atoms with van der Waals surface area (Å²) in [4.78, 5) is 1.33. The Balaban J connectivity index is 2.84. The molecule has 19 heavy (non-hydrogen) atoms. The molecule has 0 heterocycles. The first kappa shape index (κ1) is 15.7. The van der Waals surface area contributed by atoms with E-state index in [1.807, 2.05) is 0 Å². The van der Waals surface area contributed by atoms with Crippen molar-refractivity contribution in [2.45, 2.75) is 12.3 Å². The predicted octanol–water partition coefficient (Wildman–Crippen LogP) is 2.29. The van der Waals surface area contributed by atoms with Crippen molar-refractivity contribution in [1.29, 1.82) is 0 Å². The molecule has 1 aromatic carbocycles. The number of aliphatic hydroxyl groups is 1. The summed E-state index contributed by atoms with van der Waals surface area (Å²) in [6.45, 7) is 0.114. The molecule has 1 N–H and O–H groups in total. The normalized spacial score (nSPS) is 13.4. The molecule has 0 spiro atoms. The monoisotopic (exact) mass is 281 g/mol. The number of rotatable bonds is 5. The van der Waals surface area contributed by atoms with E-state index in [1.165, 1.54) is 19.1 Å². The number of likely N-dealkylation sites (N-methyl/N-ethyl adjacent to an activating group) is 1. The van der Waals surface area contributed by atoms with E-state index in [2.05, 4.69) is 0 Å². The number of nitrogens with zero attached hydrogens (tertiary/aromatic N) is 1. The quantitative estimate of drug-likeness (QED) is 0.841. The highest BCUT2D eigenvalue weighted by molar-refractivity contribution is 5.49. The van der Waals surface area contributed by atoms with Crippen LogP contribution in [-0.2, 0) is 10.9 Å². The molecule has 1 rings (SSSR count). The van der Waals surface area contributed by atoms with E-state index >= 15 is 0 Å². The molecule has 108 valence electrons. The van der Waals surface area contributed by atoms with E-state index in [0.29, 0.717) is 6.07 Å². The van der Waals surface area contributed by atoms with Gasteiger partial charge in [-0.25, -0.2) is 4.39 Å². The molecule has 0 radical (unpaired) electrons. The highest BCUT2D eigenvalue weighted by Gasteiger charge is 2.31. The molecule has 0 amide bonds. The van der Waals surface area contributed by atoms with Gasteiger partial charge in [-0.15, -0.1) is 0 Å². The van der Waals surface area contributed by atoms with Gasteiger partial charge in [0.05, 0.1) is 24.0 Å². The molecular weight excluding hydrogens is 266 g/mol. The van der Waals surface area contributed by atoms with Gasteiger partial charge in [-0.1, -0.05) is 0 Å². The summed E-state index contributed by atoms with van der Waals surface area (Å²) in [5.41, 5.74) is -1.05. The van der Waals surface area contributed by atoms with E-state index < -0.39 is 23.7 Å². The molecule has 0 fully saturated rings. The molecule has 1 aromatic rings. The Hall–Kier alpha value is -1.34. The fraction of sp³-hybridized carbons (Fsp3) is 0.500. The zero-order chi connectivity index (χ0) is 14.6. The number of ether oxygens (including phenoxy) is 1. The summed E-state index contributed by atoms with van der Waals surface area (Å²) in [6.07, 6.45) is -5.43. The summed E-state index contributed by atoms with van der Waals surface area (Å²) >= 11 is 0. The van der Waals surface area contributed by atoms with Crippen LogP contribution in [0.4, 0.5) is 23.2 Å². The van der Waals surface area contributed by atoms with E-state index in [-0.39, 0.29) is 18.8 Å². The van der Waals surface area contributed by atoms with Gasteiger partial charge in [0, 0.05) is 20.7 Å². The van der Waals surface area contributed by atoms with Crippen molar-refractivity contribution in [1.82, 2.24) is 0 Å². The molecule has 1 unspecified atom stereocenters. The van der Waals surface area contributed by atoms with Crippen LogP contribution in [0.15, 0.2) is 18.2 Å². The summed E-state index contributed by atoms with van der Waals surface area (Å²) in [5, 5.41) is 9.49. The average molecular weight is 281 g/mol. The topological polar surface area (TPSA) is 32.7 Å². The van der Waals surface area contributed by atoms with Crippen molar-refractivity contribution in [3.63, 3.8) is 0 Å². The fourth-order valence-corrected chi connectivity index (χ4v) is 1.65. The van der Waals surface area contributed by atoms with Crippen LogP contribution in [0.25, 0.3) is 0 Å². The Kier molecular flexibility index (Phi) is 5.13. The first-order valence-electron chi connectivity index (χ1n) is 5.50. The van der Waals surface area contributed by atoms with Crippen LogP contribution in [0.5, 0.6) is 0 Å². The van der Waals surface area contributed by atoms with Gasteiger partial charge in [0.15, 0.2) is 0 Å². The third kappa shape index (κ3) is 4.36. The maximum absolute atomic E-state index is 13.6. The number of halogens is 4. The largest absolute Gasteiger partial charge is 0.416 e. The molecule has 0 aliphatic rings. The summed E-state index contributed by atoms with van der Waals surface area (Å²) < 4.78 is 55.5. The van der Waals surface area contributed by atoms with E-state index in [1.54, 1.807) is 0 Å². The average Bonchev–Trinajstić information content (AvgIpc) is 2.27. The lowest BCUT2D eigenvalue weighted by atomic mass is 10.1. The number of anilines is 1. The second-order valence-corrected chi connectivity index (χ2v) is 4.15. The molecule has 7 heteroatoms. The highest BCUT2D eigenvalue weighted by Crippen LogP contribution is 2.32. The molecule has 3 nitrogen and oxygen atoms in total. The number of alkyl halides is 3. The third-order valence-corrected chi connectivity index (χ3v) is 2.53. The molecule has 0 aliphatic heterocycles. The van der Waals surface area contributed by atoms with Crippen LogP contribution in [-0.4, -0.2) is 38.5 Å². The van der Waals surface area contributed by atoms with Crippen molar-refractivity contribution in [3.8, 4) is 0 Å². The Bertz CT molecular complexity index is 423. The smallest absolute Gasteiger partial charge is 0.389 e. The van der Waals surface area contributed by atoms with Crippen molar-refractivity contribution >= 4 is 5.69 Å². The predicted molar refractivity (Wildman–Crippen MR) is 62.6 cm³/mol. The number of methoxy groups -OCH3 is 1. The Morgan fingerprint density at radius 3 is 2.47 bits per heavy atom. The van der Waals surface area contributed by atoms with Gasteiger partial charge in [-0.05, 0) is 18.2 Å². The summed E-state index contributed by atoms with van der Waals surface area (Å²) in [7, 11) is 2.88. The molecule has 0 aromatic heterocycles. The van der Waals surface area contributed by atoms with Crippen LogP contribution in [0.1, 0.15) is 5.56 Å². The maximum atomic E-state index is 13.6. The second-order valence-electron chi connectivity index (χ2n) is 4.15. The lowest BCUT2D eigenvalue weighted by molar-refractivity contribution is -0.137. The first-order valence-corrected chi connectivity index (χ1v) is 5.50. The van der Waals surface area contributed by atoms with Gasteiger partial charge in [0.1, 0.15) is 5.82 Å². The zero-order valence-electron chi connectivity index (χ0n) is 10.5. The van der Waals surface area contributed by atoms with Gasteiger partial charge < -0.3 is 14.7 Å². The van der Waals surface area contributed by atoms with Crippen molar-refractivity contribution in [2.24, 2.45) is 0 Å². The van der Waals surface area contributed by atoms with Gasteiger partial charge in [-0.3, -0.25) is 0 Å². The standard InChI is InChI=1S/C12H15F4NO2/c1-17(6-9(18)7-19-2)11-4-3-8(5-10(11)13)12(14,15)16/h3-5,9,18H,6-7H2,1-2H3. The highest BCUT2D eigenvalue weighted by atomic mass is 19.4. The van der Waals surface area contributed by atoms with E-state index in [9.17, 15) is 22.7 Å². The van der Waals surface area contributed by atoms with Crippen molar-refractivity contribution in [3.05, 3.63) is 29.6 Å². The minimum Gasteiger partial charge on any atom is -0.389 e. The Morgan fingerprint density at radius 1 is 1.37 bits per heavy atom. The fourth-order valence-electron chi connectivity index (χ4n) is 1.65. The minimum absolute atomic E-state index is 0.0110. The molecular formula is C12H15F4NO2. The number of hydrogen-bond donors (Lipinski definition) is 1. The first-order chi connectivity index (χ1) is 8.75. The third-order valence-electron chi connectivity index (χ3n) is 2.53. The van der Waals surface area contributed by atoms with E-state index in [4.69, 9.17) is 4.74 Å². The van der Waals surface area contributed by atoms with Crippen LogP contribution in [0.2, 0.25) is 0 Å². The maximum Gasteiger partial charge on any atom is 0.416 e. The minimum atomic E-state index is -4.58. The van der Waals surface area contributed by atoms with Crippen molar-refractivity contribution in [2.75, 3.05) is 32.2 Å². The number of hydrogen-bond acceptors (Lipinski definition) is 3. The molecule has 0 bridgehead atoms. The number of benzene rings is 1. The van der Waals surface area contributed by atoms with Gasteiger partial charge in [-0.2, -0.15) is 13.2 Å². The lowest BCUT2D eigenvalue weighted by Gasteiger charge is -2.23. The molecule has 1 atom stereocenters.